The summed E-state index contributed by atoms with van der Waals surface area (Å²) < 4.78 is 50.2. The van der Waals surface area contributed by atoms with E-state index in [1.807, 2.05) is 6.07 Å². The molecular weight excluding hydrogens is 501 g/mol. The predicted octanol–water partition coefficient (Wildman–Crippen LogP) is 4.91. The third kappa shape index (κ3) is 6.31. The number of pyridine rings is 1. The van der Waals surface area contributed by atoms with Crippen molar-refractivity contribution in [2.45, 2.75) is 63.6 Å². The van der Waals surface area contributed by atoms with E-state index in [-0.39, 0.29) is 24.2 Å². The second-order valence-electron chi connectivity index (χ2n) is 9.85. The summed E-state index contributed by atoms with van der Waals surface area (Å²) in [6.07, 6.45) is 2.11. The second kappa shape index (κ2) is 10.6. The van der Waals surface area contributed by atoms with E-state index in [4.69, 9.17) is 4.74 Å². The van der Waals surface area contributed by atoms with E-state index in [0.717, 1.165) is 6.07 Å². The largest absolute Gasteiger partial charge is 0.444 e. The van der Waals surface area contributed by atoms with E-state index in [2.05, 4.69) is 31.1 Å². The van der Waals surface area contributed by atoms with Crippen LogP contribution in [0.2, 0.25) is 0 Å². The van der Waals surface area contributed by atoms with Gasteiger partial charge in [0.25, 0.3) is 5.92 Å². The fourth-order valence-corrected chi connectivity index (χ4v) is 4.11. The Labute approximate surface area is 217 Å². The van der Waals surface area contributed by atoms with Crippen molar-refractivity contribution in [1.29, 1.82) is 5.26 Å². The van der Waals surface area contributed by atoms with Gasteiger partial charge in [-0.1, -0.05) is 6.07 Å². The second-order valence-corrected chi connectivity index (χ2v) is 9.85. The average molecular weight is 529 g/mol. The molecule has 13 heteroatoms. The maximum absolute atomic E-state index is 15.0. The van der Waals surface area contributed by atoms with Gasteiger partial charge in [-0.2, -0.15) is 20.3 Å². The average Bonchev–Trinajstić information content (AvgIpc) is 3.37. The fourth-order valence-electron chi connectivity index (χ4n) is 4.11. The summed E-state index contributed by atoms with van der Waals surface area (Å²) in [7, 11) is 0. The molecule has 0 radical (unpaired) electrons. The zero-order valence-electron chi connectivity index (χ0n) is 21.0. The van der Waals surface area contributed by atoms with Crippen LogP contribution in [0.15, 0.2) is 42.7 Å². The molecule has 0 bridgehead atoms. The maximum atomic E-state index is 15.0. The van der Waals surface area contributed by atoms with Gasteiger partial charge in [-0.05, 0) is 57.9 Å². The molecule has 1 aliphatic carbocycles. The van der Waals surface area contributed by atoms with Crippen LogP contribution in [0, 0.1) is 17.1 Å². The van der Waals surface area contributed by atoms with Gasteiger partial charge >= 0.3 is 6.09 Å². The van der Waals surface area contributed by atoms with Crippen LogP contribution in [-0.4, -0.2) is 49.7 Å². The highest BCUT2D eigenvalue weighted by molar-refractivity contribution is 5.69. The third-order valence-corrected chi connectivity index (χ3v) is 5.73. The molecule has 1 aliphatic rings. The highest BCUT2D eigenvalue weighted by Gasteiger charge is 2.48. The van der Waals surface area contributed by atoms with E-state index in [9.17, 15) is 14.4 Å². The molecule has 0 unspecified atom stereocenters. The van der Waals surface area contributed by atoms with Gasteiger partial charge in [-0.25, -0.2) is 22.9 Å². The van der Waals surface area contributed by atoms with Gasteiger partial charge in [0, 0.05) is 12.1 Å². The van der Waals surface area contributed by atoms with Crippen LogP contribution in [0.4, 0.5) is 35.3 Å². The van der Waals surface area contributed by atoms with Crippen LogP contribution in [0.5, 0.6) is 0 Å². The number of nitriles is 1. The molecule has 3 aromatic rings. The standard InChI is InChI=1S/C25H27F3N8O2/c1-24(2,3)38-23(37)33-19-8-5-9-25(27,28)20(19)34-22-18(26)12-15(14-29)21(35-22)32-16-6-4-7-17(13-16)36-30-10-11-31-36/h4,6-7,10-13,19-20H,5,8-9H2,1-3H3,(H,33,37)(H2,32,34,35)/t19-,20-/m0/s1. The molecule has 1 aromatic carbocycles. The van der Waals surface area contributed by atoms with E-state index < -0.39 is 47.8 Å². The Morgan fingerprint density at radius 2 is 1.95 bits per heavy atom. The summed E-state index contributed by atoms with van der Waals surface area (Å²) in [4.78, 5) is 17.8. The molecule has 2 aromatic heterocycles. The van der Waals surface area contributed by atoms with Crippen molar-refractivity contribution in [2.24, 2.45) is 0 Å². The summed E-state index contributed by atoms with van der Waals surface area (Å²) in [5, 5.41) is 25.6. The van der Waals surface area contributed by atoms with Crippen LogP contribution >= 0.6 is 0 Å². The number of alkyl halides is 2. The number of nitrogens with zero attached hydrogens (tertiary/aromatic N) is 5. The summed E-state index contributed by atoms with van der Waals surface area (Å²) in [6, 6.07) is 6.87. The Hall–Kier alpha value is -4.34. The van der Waals surface area contributed by atoms with E-state index >= 15 is 8.78 Å². The molecule has 2 heterocycles. The molecule has 10 nitrogen and oxygen atoms in total. The molecular formula is C25H27F3N8O2. The minimum absolute atomic E-state index is 0.0437. The molecule has 2 atom stereocenters. The normalized spacial score (nSPS) is 18.8. The monoisotopic (exact) mass is 528 g/mol. The smallest absolute Gasteiger partial charge is 0.407 e. The first kappa shape index (κ1) is 26.7. The number of amides is 1. The van der Waals surface area contributed by atoms with Crippen molar-refractivity contribution in [3.8, 4) is 11.8 Å². The molecule has 4 rings (SSSR count). The molecule has 0 spiro atoms. The lowest BCUT2D eigenvalue weighted by molar-refractivity contribution is -0.0563. The number of halogens is 3. The molecule has 1 amide bonds. The summed E-state index contributed by atoms with van der Waals surface area (Å²) in [5.41, 5.74) is 0.135. The quantitative estimate of drug-likeness (QED) is 0.412. The lowest BCUT2D eigenvalue weighted by Gasteiger charge is -2.39. The lowest BCUT2D eigenvalue weighted by atomic mass is 9.87. The number of anilines is 3. The molecule has 1 saturated carbocycles. The minimum Gasteiger partial charge on any atom is -0.444 e. The zero-order valence-corrected chi connectivity index (χ0v) is 21.0. The van der Waals surface area contributed by atoms with Gasteiger partial charge in [-0.3, -0.25) is 0 Å². The molecule has 1 fully saturated rings. The van der Waals surface area contributed by atoms with Gasteiger partial charge < -0.3 is 20.7 Å². The number of alkyl carbamates (subject to hydrolysis) is 1. The fraction of sp³-hybridized carbons (Fsp3) is 0.400. The number of carbonyl (C=O) groups excluding carboxylic acids is 1. The van der Waals surface area contributed by atoms with E-state index in [1.54, 1.807) is 45.0 Å². The number of rotatable bonds is 6. The molecule has 3 N–H and O–H groups in total. The van der Waals surface area contributed by atoms with Crippen LogP contribution < -0.4 is 16.0 Å². The first-order valence-electron chi connectivity index (χ1n) is 11.9. The first-order valence-corrected chi connectivity index (χ1v) is 11.9. The number of benzene rings is 1. The van der Waals surface area contributed by atoms with Crippen LogP contribution in [0.25, 0.3) is 5.69 Å². The van der Waals surface area contributed by atoms with Gasteiger partial charge in [0.05, 0.1) is 29.7 Å². The number of nitrogens with one attached hydrogen (secondary N) is 3. The minimum atomic E-state index is -3.28. The van der Waals surface area contributed by atoms with Gasteiger partial charge in [0.2, 0.25) is 0 Å². The van der Waals surface area contributed by atoms with E-state index in [0.29, 0.717) is 11.4 Å². The topological polar surface area (TPSA) is 130 Å². The summed E-state index contributed by atoms with van der Waals surface area (Å²) >= 11 is 0. The Balaban J connectivity index is 1.61. The van der Waals surface area contributed by atoms with Crippen molar-refractivity contribution in [2.75, 3.05) is 10.6 Å². The molecule has 38 heavy (non-hydrogen) atoms. The number of aromatic nitrogens is 4. The molecule has 0 saturated heterocycles. The van der Waals surface area contributed by atoms with Crippen LogP contribution in [0.1, 0.15) is 45.6 Å². The highest BCUT2D eigenvalue weighted by atomic mass is 19.3. The maximum Gasteiger partial charge on any atom is 0.407 e. The third-order valence-electron chi connectivity index (χ3n) is 5.73. The van der Waals surface area contributed by atoms with Crippen molar-refractivity contribution in [1.82, 2.24) is 25.3 Å². The lowest BCUT2D eigenvalue weighted by Crippen LogP contribution is -2.58. The Morgan fingerprint density at radius 1 is 1.21 bits per heavy atom. The number of ether oxygens (including phenoxy) is 1. The summed E-state index contributed by atoms with van der Waals surface area (Å²) in [5.74, 6) is -4.80. The number of hydrogen-bond acceptors (Lipinski definition) is 8. The predicted molar refractivity (Wildman–Crippen MR) is 133 cm³/mol. The van der Waals surface area contributed by atoms with Gasteiger partial charge in [-0.15, -0.1) is 0 Å². The number of carbonyl (C=O) groups is 1. The van der Waals surface area contributed by atoms with Crippen LogP contribution in [-0.2, 0) is 4.74 Å². The Morgan fingerprint density at radius 3 is 2.63 bits per heavy atom. The Bertz CT molecular complexity index is 1340. The van der Waals surface area contributed by atoms with Crippen molar-refractivity contribution in [3.05, 3.63) is 54.1 Å². The molecule has 200 valence electrons. The Kier molecular flexibility index (Phi) is 7.43. The summed E-state index contributed by atoms with van der Waals surface area (Å²) in [6.45, 7) is 4.97. The SMILES string of the molecule is CC(C)(C)OC(=O)N[C@H]1CCCC(F)(F)[C@H]1Nc1nc(Nc2cccc(-n3nccn3)c2)c(C#N)cc1F. The zero-order chi connectivity index (χ0) is 27.5. The van der Waals surface area contributed by atoms with Gasteiger partial charge in [0.1, 0.15) is 17.7 Å². The first-order chi connectivity index (χ1) is 17.9. The van der Waals surface area contributed by atoms with Gasteiger partial charge in [0.15, 0.2) is 17.5 Å². The van der Waals surface area contributed by atoms with Crippen molar-refractivity contribution < 1.29 is 22.7 Å². The van der Waals surface area contributed by atoms with Crippen molar-refractivity contribution >= 4 is 23.4 Å². The molecule has 0 aliphatic heterocycles. The number of hydrogen-bond donors (Lipinski definition) is 3. The highest BCUT2D eigenvalue weighted by Crippen LogP contribution is 2.36. The van der Waals surface area contributed by atoms with E-state index in [1.165, 1.54) is 17.2 Å². The van der Waals surface area contributed by atoms with Crippen LogP contribution in [0.3, 0.4) is 0 Å². The van der Waals surface area contributed by atoms with Crippen molar-refractivity contribution in [3.63, 3.8) is 0 Å².